The Bertz CT molecular complexity index is 739. The molecule has 1 aromatic carbocycles. The van der Waals surface area contributed by atoms with Crippen molar-refractivity contribution in [2.45, 2.75) is 39.1 Å². The molecule has 144 valence electrons. The molecule has 0 unspecified atom stereocenters. The van der Waals surface area contributed by atoms with Gasteiger partial charge in [0.2, 0.25) is 0 Å². The van der Waals surface area contributed by atoms with E-state index in [2.05, 4.69) is 40.8 Å². The number of hydrogen-bond donors (Lipinski definition) is 2. The van der Waals surface area contributed by atoms with Gasteiger partial charge < -0.3 is 15.8 Å². The van der Waals surface area contributed by atoms with Crippen LogP contribution >= 0.6 is 35.3 Å². The molecular formula is C16H20F3IN4OS. The Morgan fingerprint density at radius 3 is 2.35 bits per heavy atom. The van der Waals surface area contributed by atoms with E-state index in [-0.39, 0.29) is 41.1 Å². The molecule has 0 aliphatic heterocycles. The SMILES string of the molecule is CC(C)(C)c1csc(CN=C(N)Nc2ccc(OC(F)(F)F)cc2)n1.I. The number of nitrogens with one attached hydrogen (secondary N) is 1. The topological polar surface area (TPSA) is 72.5 Å². The molecule has 0 saturated carbocycles. The van der Waals surface area contributed by atoms with Crippen molar-refractivity contribution in [3.05, 3.63) is 40.3 Å². The van der Waals surface area contributed by atoms with E-state index in [1.165, 1.54) is 35.6 Å². The first-order valence-corrected chi connectivity index (χ1v) is 8.28. The third-order valence-electron chi connectivity index (χ3n) is 3.07. The Morgan fingerprint density at radius 1 is 1.23 bits per heavy atom. The van der Waals surface area contributed by atoms with Crippen molar-refractivity contribution in [1.29, 1.82) is 0 Å². The standard InChI is InChI=1S/C16H19F3N4OS.HI/c1-15(2,3)12-9-25-13(23-12)8-21-14(20)22-10-4-6-11(7-5-10)24-16(17,18)19;/h4-7,9H,8H2,1-3H3,(H3,20,21,22);1H. The fraction of sp³-hybridized carbons (Fsp3) is 0.375. The van der Waals surface area contributed by atoms with Crippen LogP contribution in [0.1, 0.15) is 31.5 Å². The van der Waals surface area contributed by atoms with E-state index < -0.39 is 6.36 Å². The van der Waals surface area contributed by atoms with E-state index in [0.717, 1.165) is 10.7 Å². The minimum Gasteiger partial charge on any atom is -0.406 e. The van der Waals surface area contributed by atoms with Gasteiger partial charge in [-0.3, -0.25) is 0 Å². The predicted molar refractivity (Wildman–Crippen MR) is 108 cm³/mol. The molecule has 5 nitrogen and oxygen atoms in total. The summed E-state index contributed by atoms with van der Waals surface area (Å²) >= 11 is 1.51. The highest BCUT2D eigenvalue weighted by atomic mass is 127. The first-order chi connectivity index (χ1) is 11.5. The summed E-state index contributed by atoms with van der Waals surface area (Å²) in [5.41, 5.74) is 7.26. The molecule has 2 rings (SSSR count). The lowest BCUT2D eigenvalue weighted by molar-refractivity contribution is -0.274. The van der Waals surface area contributed by atoms with Gasteiger partial charge >= 0.3 is 6.36 Å². The number of hydrogen-bond acceptors (Lipinski definition) is 4. The normalized spacial score (nSPS) is 12.5. The summed E-state index contributed by atoms with van der Waals surface area (Å²) in [6, 6.07) is 5.23. The second kappa shape index (κ2) is 8.89. The maximum Gasteiger partial charge on any atom is 0.573 e. The molecule has 10 heteroatoms. The second-order valence-corrected chi connectivity index (χ2v) is 7.22. The van der Waals surface area contributed by atoms with Crippen LogP contribution in [0.3, 0.4) is 0 Å². The molecule has 0 aliphatic carbocycles. The molecule has 26 heavy (non-hydrogen) atoms. The number of nitrogens with zero attached hydrogens (tertiary/aromatic N) is 2. The van der Waals surface area contributed by atoms with Crippen LogP contribution in [0.25, 0.3) is 0 Å². The van der Waals surface area contributed by atoms with E-state index in [9.17, 15) is 13.2 Å². The van der Waals surface area contributed by atoms with E-state index in [1.54, 1.807) is 0 Å². The number of alkyl halides is 3. The van der Waals surface area contributed by atoms with E-state index in [1.807, 2.05) is 5.38 Å². The van der Waals surface area contributed by atoms with Gasteiger partial charge in [-0.05, 0) is 24.3 Å². The first kappa shape index (κ1) is 22.5. The van der Waals surface area contributed by atoms with Crippen molar-refractivity contribution in [2.75, 3.05) is 5.32 Å². The van der Waals surface area contributed by atoms with Gasteiger partial charge in [-0.15, -0.1) is 48.5 Å². The number of aliphatic imine (C=N–C) groups is 1. The Balaban J connectivity index is 0.00000338. The number of rotatable bonds is 4. The summed E-state index contributed by atoms with van der Waals surface area (Å²) in [6.45, 7) is 6.57. The minimum absolute atomic E-state index is 0. The van der Waals surface area contributed by atoms with Crippen LogP contribution in [-0.2, 0) is 12.0 Å². The van der Waals surface area contributed by atoms with Gasteiger partial charge in [0.05, 0.1) is 12.2 Å². The molecule has 2 aromatic rings. The predicted octanol–water partition coefficient (Wildman–Crippen LogP) is 4.88. The zero-order valence-electron chi connectivity index (χ0n) is 14.4. The van der Waals surface area contributed by atoms with Gasteiger partial charge in [-0.1, -0.05) is 20.8 Å². The largest absolute Gasteiger partial charge is 0.573 e. The third-order valence-corrected chi connectivity index (χ3v) is 3.90. The van der Waals surface area contributed by atoms with E-state index in [0.29, 0.717) is 12.2 Å². The number of ether oxygens (including phenoxy) is 1. The molecule has 0 radical (unpaired) electrons. The molecule has 3 N–H and O–H groups in total. The lowest BCUT2D eigenvalue weighted by Crippen LogP contribution is -2.22. The van der Waals surface area contributed by atoms with Gasteiger partial charge in [0.15, 0.2) is 5.96 Å². The molecule has 1 heterocycles. The minimum atomic E-state index is -4.71. The maximum absolute atomic E-state index is 12.1. The molecular weight excluding hydrogens is 480 g/mol. The van der Waals surface area contributed by atoms with Crippen LogP contribution < -0.4 is 15.8 Å². The highest BCUT2D eigenvalue weighted by Crippen LogP contribution is 2.25. The Labute approximate surface area is 170 Å². The molecule has 0 fully saturated rings. The van der Waals surface area contributed by atoms with Crippen molar-refractivity contribution in [3.63, 3.8) is 0 Å². The number of halogens is 4. The van der Waals surface area contributed by atoms with Crippen molar-refractivity contribution < 1.29 is 17.9 Å². The quantitative estimate of drug-likeness (QED) is 0.357. The van der Waals surface area contributed by atoms with Gasteiger partial charge in [-0.2, -0.15) is 0 Å². The monoisotopic (exact) mass is 500 g/mol. The summed E-state index contributed by atoms with van der Waals surface area (Å²) in [7, 11) is 0. The molecule has 0 saturated heterocycles. The van der Waals surface area contributed by atoms with Crippen LogP contribution in [0, 0.1) is 0 Å². The highest BCUT2D eigenvalue weighted by Gasteiger charge is 2.30. The average Bonchev–Trinajstić information content (AvgIpc) is 2.95. The fourth-order valence-electron chi connectivity index (χ4n) is 1.81. The number of guanidine groups is 1. The van der Waals surface area contributed by atoms with E-state index in [4.69, 9.17) is 5.73 Å². The molecule has 0 bridgehead atoms. The maximum atomic E-state index is 12.1. The zero-order chi connectivity index (χ0) is 18.7. The van der Waals surface area contributed by atoms with Crippen LogP contribution in [-0.4, -0.2) is 17.3 Å². The molecule has 0 spiro atoms. The summed E-state index contributed by atoms with van der Waals surface area (Å²) in [5, 5.41) is 5.64. The molecule has 0 amide bonds. The third kappa shape index (κ3) is 7.36. The van der Waals surface area contributed by atoms with Gasteiger partial charge in [0.1, 0.15) is 10.8 Å². The second-order valence-electron chi connectivity index (χ2n) is 6.28. The highest BCUT2D eigenvalue weighted by molar-refractivity contribution is 14.0. The number of anilines is 1. The Morgan fingerprint density at radius 2 is 1.85 bits per heavy atom. The summed E-state index contributed by atoms with van der Waals surface area (Å²) in [6.07, 6.45) is -4.71. The number of thiazole rings is 1. The average molecular weight is 500 g/mol. The number of aromatic nitrogens is 1. The van der Waals surface area contributed by atoms with Gasteiger partial charge in [-0.25, -0.2) is 9.98 Å². The first-order valence-electron chi connectivity index (χ1n) is 7.40. The molecule has 0 atom stereocenters. The number of benzene rings is 1. The Hall–Kier alpha value is -1.56. The van der Waals surface area contributed by atoms with Crippen molar-refractivity contribution in [1.82, 2.24) is 4.98 Å². The Kier molecular flexibility index (Phi) is 7.69. The van der Waals surface area contributed by atoms with Crippen molar-refractivity contribution in [3.8, 4) is 5.75 Å². The summed E-state index contributed by atoms with van der Waals surface area (Å²) in [4.78, 5) is 8.70. The van der Waals surface area contributed by atoms with Crippen molar-refractivity contribution in [2.24, 2.45) is 10.7 Å². The van der Waals surface area contributed by atoms with Gasteiger partial charge in [0, 0.05) is 16.5 Å². The van der Waals surface area contributed by atoms with Gasteiger partial charge in [0.25, 0.3) is 0 Å². The lowest BCUT2D eigenvalue weighted by Gasteiger charge is -2.14. The smallest absolute Gasteiger partial charge is 0.406 e. The molecule has 1 aromatic heterocycles. The lowest BCUT2D eigenvalue weighted by atomic mass is 9.93. The zero-order valence-corrected chi connectivity index (χ0v) is 17.6. The van der Waals surface area contributed by atoms with E-state index >= 15 is 0 Å². The van der Waals surface area contributed by atoms with Crippen molar-refractivity contribution >= 4 is 47.0 Å². The van der Waals surface area contributed by atoms with Crippen LogP contribution in [0.2, 0.25) is 0 Å². The summed E-state index contributed by atoms with van der Waals surface area (Å²) in [5.74, 6) is -0.150. The van der Waals surface area contributed by atoms with Crippen LogP contribution in [0.5, 0.6) is 5.75 Å². The van der Waals surface area contributed by atoms with Crippen LogP contribution in [0.15, 0.2) is 34.6 Å². The van der Waals surface area contributed by atoms with Crippen LogP contribution in [0.4, 0.5) is 18.9 Å². The summed E-state index contributed by atoms with van der Waals surface area (Å²) < 4.78 is 40.1. The molecule has 0 aliphatic rings. The fourth-order valence-corrected chi connectivity index (χ4v) is 2.75. The number of nitrogens with two attached hydrogens (primary N) is 1.